The summed E-state index contributed by atoms with van der Waals surface area (Å²) in [6.45, 7) is 7.94. The van der Waals surface area contributed by atoms with Crippen LogP contribution in [0.3, 0.4) is 0 Å². The predicted octanol–water partition coefficient (Wildman–Crippen LogP) is 1.65. The smallest absolute Gasteiger partial charge is 0.0806 e. The largest absolute Gasteiger partial charge is 0.382 e. The molecule has 72 valence electrons. The van der Waals surface area contributed by atoms with Crippen LogP contribution in [0, 0.1) is 0 Å². The van der Waals surface area contributed by atoms with Crippen molar-refractivity contribution in [2.75, 3.05) is 39.9 Å². The number of nitrogens with zero attached hydrogens (tertiary/aromatic N) is 1. The molecule has 12 heavy (non-hydrogen) atoms. The number of rotatable bonds is 5. The molecule has 1 rings (SSSR count). The Morgan fingerprint density at radius 3 is 2.50 bits per heavy atom. The van der Waals surface area contributed by atoms with E-state index in [1.165, 1.54) is 43.4 Å². The summed E-state index contributed by atoms with van der Waals surface area (Å²) in [6.07, 6.45) is 4.07. The highest BCUT2D eigenvalue weighted by Gasteiger charge is 2.25. The molecule has 0 radical (unpaired) electrons. The van der Waals surface area contributed by atoms with Gasteiger partial charge in [0.15, 0.2) is 0 Å². The van der Waals surface area contributed by atoms with Gasteiger partial charge in [-0.2, -0.15) is 0 Å². The molecule has 1 saturated heterocycles. The van der Waals surface area contributed by atoms with E-state index in [1.54, 1.807) is 0 Å². The van der Waals surface area contributed by atoms with Crippen molar-refractivity contribution >= 4 is 0 Å². The zero-order valence-electron chi connectivity index (χ0n) is 8.51. The molecule has 0 N–H and O–H groups in total. The maximum Gasteiger partial charge on any atom is 0.0806 e. The van der Waals surface area contributed by atoms with Gasteiger partial charge in [0.1, 0.15) is 0 Å². The highest BCUT2D eigenvalue weighted by atomic mass is 16.5. The third-order valence-corrected chi connectivity index (χ3v) is 2.84. The SMILES string of the molecule is CCOCCC[N+]1(C)CCCC1. The topological polar surface area (TPSA) is 9.23 Å². The number of ether oxygens (including phenoxy) is 1. The van der Waals surface area contributed by atoms with Gasteiger partial charge in [-0.1, -0.05) is 0 Å². The van der Waals surface area contributed by atoms with E-state index in [0.29, 0.717) is 0 Å². The quantitative estimate of drug-likeness (QED) is 0.452. The van der Waals surface area contributed by atoms with Crippen molar-refractivity contribution in [2.45, 2.75) is 26.2 Å². The fraction of sp³-hybridized carbons (Fsp3) is 1.00. The third kappa shape index (κ3) is 3.11. The summed E-state index contributed by atoms with van der Waals surface area (Å²) >= 11 is 0. The number of quaternary nitrogens is 1. The van der Waals surface area contributed by atoms with Crippen molar-refractivity contribution in [3.63, 3.8) is 0 Å². The number of likely N-dealkylation sites (tertiary alicyclic amines) is 1. The molecule has 0 atom stereocenters. The van der Waals surface area contributed by atoms with E-state index in [0.717, 1.165) is 13.2 Å². The third-order valence-electron chi connectivity index (χ3n) is 2.84. The minimum absolute atomic E-state index is 0.865. The first kappa shape index (κ1) is 10.0. The zero-order valence-corrected chi connectivity index (χ0v) is 8.51. The molecule has 0 spiro atoms. The standard InChI is InChI=1S/C10H22NO/c1-3-12-10-6-9-11(2)7-4-5-8-11/h3-10H2,1-2H3/q+1. The van der Waals surface area contributed by atoms with Crippen molar-refractivity contribution < 1.29 is 9.22 Å². The molecule has 1 heterocycles. The van der Waals surface area contributed by atoms with Gasteiger partial charge in [0.2, 0.25) is 0 Å². The summed E-state index contributed by atoms with van der Waals surface area (Å²) in [5.41, 5.74) is 0. The van der Waals surface area contributed by atoms with E-state index >= 15 is 0 Å². The lowest BCUT2D eigenvalue weighted by atomic mass is 10.3. The second kappa shape index (κ2) is 4.83. The molecule has 0 aromatic rings. The van der Waals surface area contributed by atoms with Crippen LogP contribution in [0.5, 0.6) is 0 Å². The Hall–Kier alpha value is -0.0800. The molecule has 0 unspecified atom stereocenters. The normalized spacial score (nSPS) is 21.5. The molecule has 0 aromatic carbocycles. The molecular formula is C10H22NO+. The Balaban J connectivity index is 2.05. The molecule has 0 bridgehead atoms. The average molecular weight is 172 g/mol. The molecule has 2 nitrogen and oxygen atoms in total. The first-order chi connectivity index (χ1) is 5.77. The van der Waals surface area contributed by atoms with Gasteiger partial charge in [0.25, 0.3) is 0 Å². The second-order valence-corrected chi connectivity index (χ2v) is 4.05. The molecule has 0 aromatic heterocycles. The summed E-state index contributed by atoms with van der Waals surface area (Å²) in [6, 6.07) is 0. The number of hydrogen-bond donors (Lipinski definition) is 0. The lowest BCUT2D eigenvalue weighted by molar-refractivity contribution is -0.897. The maximum absolute atomic E-state index is 5.33. The Morgan fingerprint density at radius 1 is 1.25 bits per heavy atom. The van der Waals surface area contributed by atoms with Crippen molar-refractivity contribution in [3.05, 3.63) is 0 Å². The average Bonchev–Trinajstić information content (AvgIpc) is 2.47. The fourth-order valence-electron chi connectivity index (χ4n) is 2.02. The van der Waals surface area contributed by atoms with Gasteiger partial charge in [0, 0.05) is 25.9 Å². The summed E-state index contributed by atoms with van der Waals surface area (Å²) in [5.74, 6) is 0. The molecule has 0 amide bonds. The first-order valence-electron chi connectivity index (χ1n) is 5.18. The number of hydrogen-bond acceptors (Lipinski definition) is 1. The van der Waals surface area contributed by atoms with Crippen LogP contribution < -0.4 is 0 Å². The van der Waals surface area contributed by atoms with Crippen LogP contribution in [0.15, 0.2) is 0 Å². The van der Waals surface area contributed by atoms with Crippen molar-refractivity contribution in [1.29, 1.82) is 0 Å². The van der Waals surface area contributed by atoms with Gasteiger partial charge in [-0.15, -0.1) is 0 Å². The van der Waals surface area contributed by atoms with Crippen LogP contribution >= 0.6 is 0 Å². The Kier molecular flexibility index (Phi) is 4.02. The molecule has 0 aliphatic carbocycles. The summed E-state index contributed by atoms with van der Waals surface area (Å²) in [5, 5.41) is 0. The van der Waals surface area contributed by atoms with Gasteiger partial charge in [-0.3, -0.25) is 0 Å². The highest BCUT2D eigenvalue weighted by Crippen LogP contribution is 2.16. The highest BCUT2D eigenvalue weighted by molar-refractivity contribution is 4.51. The van der Waals surface area contributed by atoms with Crippen LogP contribution in [0.1, 0.15) is 26.2 Å². The molecule has 1 aliphatic rings. The maximum atomic E-state index is 5.33. The summed E-state index contributed by atoms with van der Waals surface area (Å²) in [7, 11) is 2.37. The van der Waals surface area contributed by atoms with Crippen LogP contribution in [0.25, 0.3) is 0 Å². The molecular weight excluding hydrogens is 150 g/mol. The van der Waals surface area contributed by atoms with Crippen molar-refractivity contribution in [3.8, 4) is 0 Å². The van der Waals surface area contributed by atoms with Crippen molar-refractivity contribution in [1.82, 2.24) is 0 Å². The van der Waals surface area contributed by atoms with Crippen LogP contribution in [0.2, 0.25) is 0 Å². The Bertz CT molecular complexity index is 119. The predicted molar refractivity (Wildman–Crippen MR) is 51.1 cm³/mol. The van der Waals surface area contributed by atoms with E-state index in [4.69, 9.17) is 4.74 Å². The van der Waals surface area contributed by atoms with E-state index in [1.807, 2.05) is 0 Å². The van der Waals surface area contributed by atoms with Gasteiger partial charge in [-0.25, -0.2) is 0 Å². The van der Waals surface area contributed by atoms with Gasteiger partial charge in [-0.05, 0) is 6.92 Å². The first-order valence-corrected chi connectivity index (χ1v) is 5.18. The van der Waals surface area contributed by atoms with E-state index < -0.39 is 0 Å². The van der Waals surface area contributed by atoms with Crippen LogP contribution in [-0.2, 0) is 4.74 Å². The van der Waals surface area contributed by atoms with E-state index in [2.05, 4.69) is 14.0 Å². The lowest BCUT2D eigenvalue weighted by Crippen LogP contribution is -2.41. The minimum atomic E-state index is 0.865. The van der Waals surface area contributed by atoms with Gasteiger partial charge >= 0.3 is 0 Å². The Labute approximate surface area is 76.1 Å². The van der Waals surface area contributed by atoms with Gasteiger partial charge in [0.05, 0.1) is 33.3 Å². The lowest BCUT2D eigenvalue weighted by Gasteiger charge is -2.28. The monoisotopic (exact) mass is 172 g/mol. The molecule has 1 aliphatic heterocycles. The minimum Gasteiger partial charge on any atom is -0.382 e. The second-order valence-electron chi connectivity index (χ2n) is 4.05. The molecule has 2 heteroatoms. The molecule has 0 saturated carbocycles. The fourth-order valence-corrected chi connectivity index (χ4v) is 2.02. The zero-order chi connectivity index (χ0) is 8.86. The summed E-state index contributed by atoms with van der Waals surface area (Å²) in [4.78, 5) is 0. The van der Waals surface area contributed by atoms with Gasteiger partial charge < -0.3 is 9.22 Å². The van der Waals surface area contributed by atoms with Crippen molar-refractivity contribution in [2.24, 2.45) is 0 Å². The Morgan fingerprint density at radius 2 is 1.92 bits per heavy atom. The molecule has 1 fully saturated rings. The van der Waals surface area contributed by atoms with Crippen LogP contribution in [-0.4, -0.2) is 44.4 Å². The summed E-state index contributed by atoms with van der Waals surface area (Å²) < 4.78 is 6.61. The van der Waals surface area contributed by atoms with E-state index in [-0.39, 0.29) is 0 Å². The van der Waals surface area contributed by atoms with E-state index in [9.17, 15) is 0 Å². The van der Waals surface area contributed by atoms with Crippen LogP contribution in [0.4, 0.5) is 0 Å².